The molecule has 2 aromatic heterocycles. The van der Waals surface area contributed by atoms with Gasteiger partial charge in [0.25, 0.3) is 5.91 Å². The van der Waals surface area contributed by atoms with Gasteiger partial charge in [-0.2, -0.15) is 0 Å². The van der Waals surface area contributed by atoms with Gasteiger partial charge in [0, 0.05) is 44.4 Å². The molecule has 1 N–H and O–H groups in total. The summed E-state index contributed by atoms with van der Waals surface area (Å²) in [6.07, 6.45) is 7.51. The van der Waals surface area contributed by atoms with Crippen molar-refractivity contribution >= 4 is 21.6 Å². The minimum atomic E-state index is -3.29. The number of nitrogens with zero attached hydrogens (tertiary/aromatic N) is 3. The third kappa shape index (κ3) is 4.41. The second kappa shape index (κ2) is 7.75. The van der Waals surface area contributed by atoms with Crippen molar-refractivity contribution in [2.45, 2.75) is 37.0 Å². The predicted octanol–water partition coefficient (Wildman–Crippen LogP) is 2.06. The Morgan fingerprint density at radius 2 is 1.89 bits per heavy atom. The summed E-state index contributed by atoms with van der Waals surface area (Å²) in [4.78, 5) is 22.4. The van der Waals surface area contributed by atoms with Gasteiger partial charge in [0.1, 0.15) is 6.10 Å². The van der Waals surface area contributed by atoms with Crippen LogP contribution in [0, 0.1) is 0 Å². The van der Waals surface area contributed by atoms with Crippen LogP contribution in [0.2, 0.25) is 0 Å². The second-order valence-corrected chi connectivity index (χ2v) is 9.04. The van der Waals surface area contributed by atoms with Crippen molar-refractivity contribution < 1.29 is 17.9 Å². The van der Waals surface area contributed by atoms with Gasteiger partial charge in [-0.05, 0) is 31.0 Å². The summed E-state index contributed by atoms with van der Waals surface area (Å²) in [5.41, 5.74) is 1.03. The van der Waals surface area contributed by atoms with Crippen molar-refractivity contribution in [2.75, 3.05) is 17.8 Å². The zero-order valence-corrected chi connectivity index (χ0v) is 16.1. The monoisotopic (exact) mass is 402 g/mol. The number of likely N-dealkylation sites (tertiary alicyclic amines) is 1. The maximum Gasteiger partial charge on any atom is 0.255 e. The molecule has 1 saturated heterocycles. The van der Waals surface area contributed by atoms with Crippen molar-refractivity contribution in [1.82, 2.24) is 14.9 Å². The van der Waals surface area contributed by atoms with Crippen molar-refractivity contribution in [3.8, 4) is 5.88 Å². The van der Waals surface area contributed by atoms with E-state index in [9.17, 15) is 13.2 Å². The number of carbonyl (C=O) groups excluding carboxylic acids is 1. The number of sulfonamides is 1. The molecule has 0 radical (unpaired) electrons. The van der Waals surface area contributed by atoms with Crippen LogP contribution in [0.25, 0.3) is 0 Å². The quantitative estimate of drug-likeness (QED) is 0.794. The lowest BCUT2D eigenvalue weighted by Gasteiger charge is -2.32. The lowest BCUT2D eigenvalue weighted by atomic mass is 10.1. The Labute approximate surface area is 164 Å². The fourth-order valence-electron chi connectivity index (χ4n) is 3.16. The van der Waals surface area contributed by atoms with Crippen LogP contribution in [-0.2, 0) is 10.0 Å². The minimum absolute atomic E-state index is 0.0167. The van der Waals surface area contributed by atoms with E-state index >= 15 is 0 Å². The molecule has 0 spiro atoms. The third-order valence-corrected chi connectivity index (χ3v) is 6.75. The van der Waals surface area contributed by atoms with Gasteiger partial charge in [-0.25, -0.2) is 13.4 Å². The molecule has 2 aromatic rings. The van der Waals surface area contributed by atoms with Gasteiger partial charge in [-0.15, -0.1) is 0 Å². The molecule has 1 amide bonds. The van der Waals surface area contributed by atoms with E-state index in [2.05, 4.69) is 14.7 Å². The van der Waals surface area contributed by atoms with Gasteiger partial charge in [0.05, 0.1) is 22.7 Å². The van der Waals surface area contributed by atoms with E-state index in [0.717, 1.165) is 0 Å². The first-order valence-corrected chi connectivity index (χ1v) is 10.9. The van der Waals surface area contributed by atoms with Crippen LogP contribution in [0.1, 0.15) is 36.0 Å². The van der Waals surface area contributed by atoms with Crippen molar-refractivity contribution in [3.63, 3.8) is 0 Å². The van der Waals surface area contributed by atoms with E-state index in [0.29, 0.717) is 55.9 Å². The molecule has 3 heterocycles. The van der Waals surface area contributed by atoms with Gasteiger partial charge in [-0.3, -0.25) is 14.5 Å². The van der Waals surface area contributed by atoms with Gasteiger partial charge < -0.3 is 9.64 Å². The van der Waals surface area contributed by atoms with Crippen LogP contribution in [0.3, 0.4) is 0 Å². The molecule has 1 saturated carbocycles. The molecule has 0 unspecified atom stereocenters. The van der Waals surface area contributed by atoms with Crippen LogP contribution < -0.4 is 9.46 Å². The molecule has 28 heavy (non-hydrogen) atoms. The fraction of sp³-hybridized carbons (Fsp3) is 0.421. The molecule has 1 aliphatic heterocycles. The highest BCUT2D eigenvalue weighted by atomic mass is 32.2. The number of nitrogens with one attached hydrogen (secondary N) is 1. The molecule has 1 aliphatic carbocycles. The summed E-state index contributed by atoms with van der Waals surface area (Å²) < 4.78 is 32.3. The van der Waals surface area contributed by atoms with Gasteiger partial charge in [0.15, 0.2) is 0 Å². The number of pyridine rings is 2. The minimum Gasteiger partial charge on any atom is -0.474 e. The summed E-state index contributed by atoms with van der Waals surface area (Å²) >= 11 is 0. The normalized spacial score (nSPS) is 17.9. The lowest BCUT2D eigenvalue weighted by molar-refractivity contribution is 0.0587. The van der Waals surface area contributed by atoms with Crippen LogP contribution in [-0.4, -0.2) is 53.6 Å². The van der Waals surface area contributed by atoms with E-state index in [1.165, 1.54) is 6.20 Å². The Hall–Kier alpha value is -2.68. The van der Waals surface area contributed by atoms with E-state index in [1.54, 1.807) is 41.6 Å². The first kappa shape index (κ1) is 18.7. The lowest BCUT2D eigenvalue weighted by Crippen LogP contribution is -2.41. The zero-order valence-electron chi connectivity index (χ0n) is 15.3. The number of amides is 1. The highest BCUT2D eigenvalue weighted by molar-refractivity contribution is 7.93. The third-order valence-electron chi connectivity index (χ3n) is 4.88. The van der Waals surface area contributed by atoms with Crippen LogP contribution in [0.5, 0.6) is 5.88 Å². The second-order valence-electron chi connectivity index (χ2n) is 7.08. The number of hydrogen-bond acceptors (Lipinski definition) is 6. The maximum absolute atomic E-state index is 12.4. The van der Waals surface area contributed by atoms with Crippen LogP contribution in [0.15, 0.2) is 42.9 Å². The average Bonchev–Trinajstić information content (AvgIpc) is 3.56. The number of aromatic nitrogens is 2. The molecule has 9 heteroatoms. The fourth-order valence-corrected chi connectivity index (χ4v) is 4.53. The van der Waals surface area contributed by atoms with Gasteiger partial charge in [-0.1, -0.05) is 0 Å². The van der Waals surface area contributed by atoms with Gasteiger partial charge in [0.2, 0.25) is 15.9 Å². The Bertz CT molecular complexity index is 922. The summed E-state index contributed by atoms with van der Waals surface area (Å²) in [6.45, 7) is 1.22. The number of anilines is 1. The SMILES string of the molecule is O=C(c1cccnc1)N1CCC(Oc2ccc(NS(=O)(=O)C3CC3)cn2)CC1. The number of ether oxygens (including phenoxy) is 1. The Balaban J connectivity index is 1.28. The number of hydrogen-bond donors (Lipinski definition) is 1. The van der Waals surface area contributed by atoms with Gasteiger partial charge >= 0.3 is 0 Å². The molecule has 2 aliphatic rings. The van der Waals surface area contributed by atoms with E-state index in [1.807, 2.05) is 0 Å². The molecule has 8 nitrogen and oxygen atoms in total. The number of piperidine rings is 1. The molecule has 0 bridgehead atoms. The molecule has 4 rings (SSSR count). The summed E-state index contributed by atoms with van der Waals surface area (Å²) in [5, 5.41) is -0.275. The van der Waals surface area contributed by atoms with Crippen LogP contribution >= 0.6 is 0 Å². The number of carbonyl (C=O) groups is 1. The summed E-state index contributed by atoms with van der Waals surface area (Å²) in [7, 11) is -3.29. The average molecular weight is 402 g/mol. The van der Waals surface area contributed by atoms with E-state index in [-0.39, 0.29) is 17.3 Å². The topological polar surface area (TPSA) is 101 Å². The summed E-state index contributed by atoms with van der Waals surface area (Å²) in [6, 6.07) is 6.84. The highest BCUT2D eigenvalue weighted by Crippen LogP contribution is 2.29. The molecular weight excluding hydrogens is 380 g/mol. The largest absolute Gasteiger partial charge is 0.474 e. The first-order valence-electron chi connectivity index (χ1n) is 9.35. The maximum atomic E-state index is 12.4. The molecular formula is C19H22N4O4S. The van der Waals surface area contributed by atoms with Crippen LogP contribution in [0.4, 0.5) is 5.69 Å². The standard InChI is InChI=1S/C19H22N4O4S/c24-19(14-2-1-9-20-12-14)23-10-7-16(8-11-23)27-18-6-3-15(13-21-18)22-28(25,26)17-4-5-17/h1-3,6,9,12-13,16-17,22H,4-5,7-8,10-11H2. The Kier molecular flexibility index (Phi) is 5.17. The molecule has 148 valence electrons. The highest BCUT2D eigenvalue weighted by Gasteiger charge is 2.35. The van der Waals surface area contributed by atoms with E-state index in [4.69, 9.17) is 4.74 Å². The van der Waals surface area contributed by atoms with E-state index < -0.39 is 10.0 Å². The first-order chi connectivity index (χ1) is 13.5. The Morgan fingerprint density at radius 3 is 2.50 bits per heavy atom. The van der Waals surface area contributed by atoms with Crippen molar-refractivity contribution in [3.05, 3.63) is 48.4 Å². The Morgan fingerprint density at radius 1 is 1.11 bits per heavy atom. The molecule has 0 aromatic carbocycles. The molecule has 0 atom stereocenters. The predicted molar refractivity (Wildman–Crippen MR) is 104 cm³/mol. The van der Waals surface area contributed by atoms with Crippen molar-refractivity contribution in [1.29, 1.82) is 0 Å². The zero-order chi connectivity index (χ0) is 19.6. The molecule has 2 fully saturated rings. The smallest absolute Gasteiger partial charge is 0.255 e. The number of rotatable bonds is 6. The van der Waals surface area contributed by atoms with Crippen molar-refractivity contribution in [2.24, 2.45) is 0 Å². The summed E-state index contributed by atoms with van der Waals surface area (Å²) in [5.74, 6) is 0.434.